The minimum atomic E-state index is 0.0171. The second-order valence-electron chi connectivity index (χ2n) is 8.46. The van der Waals surface area contributed by atoms with E-state index in [2.05, 4.69) is 24.1 Å². The molecule has 4 heterocycles. The van der Waals surface area contributed by atoms with E-state index in [1.165, 1.54) is 24.8 Å². The molecular weight excluding hydrogens is 314 g/mol. The molecule has 25 heavy (non-hydrogen) atoms. The summed E-state index contributed by atoms with van der Waals surface area (Å²) in [6.45, 7) is 4.89. The molecule has 1 saturated carbocycles. The number of aromatic nitrogens is 1. The molecule has 5 heteroatoms. The van der Waals surface area contributed by atoms with E-state index in [9.17, 15) is 4.79 Å². The van der Waals surface area contributed by atoms with Crippen LogP contribution >= 0.6 is 0 Å². The monoisotopic (exact) mass is 341 g/mol. The fourth-order valence-corrected chi connectivity index (χ4v) is 5.35. The Morgan fingerprint density at radius 3 is 2.64 bits per heavy atom. The molecule has 4 fully saturated rings. The Labute approximate surface area is 149 Å². The number of amides is 1. The summed E-state index contributed by atoms with van der Waals surface area (Å²) in [6.07, 6.45) is 8.83. The Morgan fingerprint density at radius 2 is 2.00 bits per heavy atom. The van der Waals surface area contributed by atoms with Crippen molar-refractivity contribution in [2.45, 2.75) is 56.9 Å². The number of hydrogen-bond donors (Lipinski definition) is 0. The van der Waals surface area contributed by atoms with Crippen molar-refractivity contribution < 1.29 is 9.53 Å². The van der Waals surface area contributed by atoms with Crippen LogP contribution in [-0.2, 0) is 9.53 Å². The normalized spacial score (nSPS) is 33.2. The van der Waals surface area contributed by atoms with Gasteiger partial charge in [0.2, 0.25) is 5.91 Å². The van der Waals surface area contributed by atoms with Crippen LogP contribution in [0.1, 0.15) is 56.9 Å². The average Bonchev–Trinajstić information content (AvgIpc) is 2.76. The standard InChI is InChI=1S/C20H27N3O2/c1-20-13-22(23(20)19(24)11-17(20)15-3-2-4-15)18-6-5-16(12-21-18)14-7-9-25-10-8-14/h5-6,12,14-15,17H,2-4,7-11,13H2,1H3. The summed E-state index contributed by atoms with van der Waals surface area (Å²) in [7, 11) is 0. The lowest BCUT2D eigenvalue weighted by molar-refractivity contribution is -0.138. The van der Waals surface area contributed by atoms with Crippen molar-refractivity contribution in [3.05, 3.63) is 23.9 Å². The lowest BCUT2D eigenvalue weighted by Gasteiger charge is -2.58. The van der Waals surface area contributed by atoms with Gasteiger partial charge < -0.3 is 4.74 Å². The molecule has 5 rings (SSSR count). The van der Waals surface area contributed by atoms with Crippen molar-refractivity contribution >= 4 is 11.7 Å². The molecule has 3 aliphatic heterocycles. The maximum absolute atomic E-state index is 12.6. The molecular formula is C20H27N3O2. The first-order valence-electron chi connectivity index (χ1n) is 9.81. The zero-order chi connectivity index (χ0) is 17.0. The quantitative estimate of drug-likeness (QED) is 0.847. The molecule has 134 valence electrons. The molecule has 2 atom stereocenters. The number of hydrazine groups is 1. The van der Waals surface area contributed by atoms with Crippen molar-refractivity contribution in [3.63, 3.8) is 0 Å². The van der Waals surface area contributed by atoms with Crippen LogP contribution in [0.5, 0.6) is 0 Å². The highest BCUT2D eigenvalue weighted by Gasteiger charge is 2.62. The van der Waals surface area contributed by atoms with Crippen LogP contribution in [0.4, 0.5) is 5.82 Å². The first-order chi connectivity index (χ1) is 12.2. The summed E-state index contributed by atoms with van der Waals surface area (Å²) in [5.74, 6) is 3.04. The summed E-state index contributed by atoms with van der Waals surface area (Å²) in [4.78, 5) is 17.3. The van der Waals surface area contributed by atoms with Gasteiger partial charge in [-0.05, 0) is 49.1 Å². The van der Waals surface area contributed by atoms with Crippen molar-refractivity contribution in [3.8, 4) is 0 Å². The average molecular weight is 341 g/mol. The number of ether oxygens (including phenoxy) is 1. The Kier molecular flexibility index (Phi) is 3.56. The number of pyridine rings is 1. The minimum absolute atomic E-state index is 0.0171. The number of fused-ring (bicyclic) bond motifs is 1. The molecule has 3 saturated heterocycles. The molecule has 1 amide bonds. The zero-order valence-electron chi connectivity index (χ0n) is 15.0. The van der Waals surface area contributed by atoms with Crippen molar-refractivity contribution in [1.29, 1.82) is 0 Å². The van der Waals surface area contributed by atoms with Gasteiger partial charge in [0.05, 0.1) is 12.1 Å². The van der Waals surface area contributed by atoms with E-state index in [0.29, 0.717) is 11.8 Å². The Balaban J connectivity index is 1.32. The Bertz CT molecular complexity index is 666. The predicted molar refractivity (Wildman–Crippen MR) is 95.1 cm³/mol. The van der Waals surface area contributed by atoms with Gasteiger partial charge in [-0.1, -0.05) is 25.3 Å². The SMILES string of the molecule is CC12CN(c3ccc(C4CCOCC4)cn3)N1C(=O)CC2C1CCC1. The van der Waals surface area contributed by atoms with Crippen LogP contribution in [0.3, 0.4) is 0 Å². The number of rotatable bonds is 3. The largest absolute Gasteiger partial charge is 0.381 e. The number of anilines is 1. The summed E-state index contributed by atoms with van der Waals surface area (Å²) in [5.41, 5.74) is 1.32. The van der Waals surface area contributed by atoms with Crippen LogP contribution in [0, 0.1) is 11.8 Å². The number of carbonyl (C=O) groups excluding carboxylic acids is 1. The van der Waals surface area contributed by atoms with Gasteiger partial charge >= 0.3 is 0 Å². The van der Waals surface area contributed by atoms with Gasteiger partial charge in [-0.25, -0.2) is 9.99 Å². The van der Waals surface area contributed by atoms with E-state index in [0.717, 1.165) is 50.8 Å². The molecule has 0 spiro atoms. The molecule has 0 radical (unpaired) electrons. The number of nitrogens with zero attached hydrogens (tertiary/aromatic N) is 3. The van der Waals surface area contributed by atoms with Gasteiger partial charge in [0.25, 0.3) is 0 Å². The van der Waals surface area contributed by atoms with Crippen LogP contribution < -0.4 is 5.01 Å². The van der Waals surface area contributed by atoms with Gasteiger partial charge in [0.1, 0.15) is 5.82 Å². The number of carbonyl (C=O) groups is 1. The summed E-state index contributed by atoms with van der Waals surface area (Å²) in [5, 5.41) is 4.10. The first-order valence-corrected chi connectivity index (χ1v) is 9.81. The third kappa shape index (κ3) is 2.31. The van der Waals surface area contributed by atoms with E-state index in [-0.39, 0.29) is 11.4 Å². The van der Waals surface area contributed by atoms with E-state index in [4.69, 9.17) is 9.72 Å². The van der Waals surface area contributed by atoms with Crippen LogP contribution in [0.25, 0.3) is 0 Å². The smallest absolute Gasteiger partial charge is 0.242 e. The topological polar surface area (TPSA) is 45.7 Å². The second kappa shape index (κ2) is 5.70. The molecule has 0 aromatic carbocycles. The molecule has 1 aliphatic carbocycles. The zero-order valence-corrected chi connectivity index (χ0v) is 15.0. The Hall–Kier alpha value is -1.62. The van der Waals surface area contributed by atoms with E-state index >= 15 is 0 Å². The van der Waals surface area contributed by atoms with Gasteiger partial charge in [-0.2, -0.15) is 0 Å². The van der Waals surface area contributed by atoms with Gasteiger partial charge in [0, 0.05) is 25.8 Å². The highest BCUT2D eigenvalue weighted by Crippen LogP contribution is 2.53. The van der Waals surface area contributed by atoms with E-state index in [1.807, 2.05) is 11.2 Å². The van der Waals surface area contributed by atoms with E-state index in [1.54, 1.807) is 0 Å². The fraction of sp³-hybridized carbons (Fsp3) is 0.700. The van der Waals surface area contributed by atoms with Crippen molar-refractivity contribution in [1.82, 2.24) is 9.99 Å². The van der Waals surface area contributed by atoms with Crippen molar-refractivity contribution in [2.24, 2.45) is 11.8 Å². The maximum Gasteiger partial charge on any atom is 0.242 e. The second-order valence-corrected chi connectivity index (χ2v) is 8.46. The lowest BCUT2D eigenvalue weighted by atomic mass is 9.67. The molecule has 1 aromatic rings. The minimum Gasteiger partial charge on any atom is -0.381 e. The van der Waals surface area contributed by atoms with Gasteiger partial charge in [-0.15, -0.1) is 0 Å². The third-order valence-electron chi connectivity index (χ3n) is 7.07. The highest BCUT2D eigenvalue weighted by atomic mass is 16.5. The van der Waals surface area contributed by atoms with E-state index < -0.39 is 0 Å². The van der Waals surface area contributed by atoms with Crippen molar-refractivity contribution in [2.75, 3.05) is 24.8 Å². The van der Waals surface area contributed by atoms with Crippen LogP contribution in [0.15, 0.2) is 18.3 Å². The summed E-state index contributed by atoms with van der Waals surface area (Å²) in [6, 6.07) is 4.28. The molecule has 5 nitrogen and oxygen atoms in total. The fourth-order valence-electron chi connectivity index (χ4n) is 5.35. The summed E-state index contributed by atoms with van der Waals surface area (Å²) >= 11 is 0. The molecule has 0 N–H and O–H groups in total. The van der Waals surface area contributed by atoms with Crippen LogP contribution in [-0.4, -0.2) is 41.2 Å². The first kappa shape index (κ1) is 15.6. The molecule has 2 unspecified atom stereocenters. The summed E-state index contributed by atoms with van der Waals surface area (Å²) < 4.78 is 5.45. The number of hydrogen-bond acceptors (Lipinski definition) is 4. The van der Waals surface area contributed by atoms with Crippen LogP contribution in [0.2, 0.25) is 0 Å². The molecule has 1 aromatic heterocycles. The highest BCUT2D eigenvalue weighted by molar-refractivity contribution is 5.84. The Morgan fingerprint density at radius 1 is 1.20 bits per heavy atom. The van der Waals surface area contributed by atoms with Gasteiger partial charge in [0.15, 0.2) is 0 Å². The predicted octanol–water partition coefficient (Wildman–Crippen LogP) is 3.12. The maximum atomic E-state index is 12.6. The molecule has 4 aliphatic rings. The lowest BCUT2D eigenvalue weighted by Crippen LogP contribution is -2.73. The molecule has 0 bridgehead atoms. The van der Waals surface area contributed by atoms with Gasteiger partial charge in [-0.3, -0.25) is 9.80 Å². The third-order valence-corrected chi connectivity index (χ3v) is 7.07.